The minimum Gasteiger partial charge on any atom is -0.496 e. The average molecular weight is 295 g/mol. The Morgan fingerprint density at radius 2 is 2.20 bits per heavy atom. The van der Waals surface area contributed by atoms with Crippen LogP contribution in [0.25, 0.3) is 0 Å². The molecule has 1 aromatic heterocycles. The number of benzene rings is 1. The first-order valence-electron chi connectivity index (χ1n) is 6.62. The van der Waals surface area contributed by atoms with Gasteiger partial charge in [-0.2, -0.15) is 5.10 Å². The van der Waals surface area contributed by atoms with E-state index in [-0.39, 0.29) is 0 Å². The van der Waals surface area contributed by atoms with E-state index in [0.29, 0.717) is 10.7 Å². The number of hydrogen-bond donors (Lipinski definition) is 1. The molecule has 0 bridgehead atoms. The van der Waals surface area contributed by atoms with Crippen molar-refractivity contribution in [1.82, 2.24) is 9.78 Å². The summed E-state index contributed by atoms with van der Waals surface area (Å²) in [6.45, 7) is 4.73. The normalized spacial score (nSPS) is 12.4. The lowest BCUT2D eigenvalue weighted by atomic mass is 10.0. The predicted octanol–water partition coefficient (Wildman–Crippen LogP) is 3.35. The number of hydrogen-bond acceptors (Lipinski definition) is 3. The van der Waals surface area contributed by atoms with Gasteiger partial charge in [0.1, 0.15) is 11.9 Å². The van der Waals surface area contributed by atoms with Gasteiger partial charge in [0.25, 0.3) is 0 Å². The molecule has 0 saturated carbocycles. The lowest BCUT2D eigenvalue weighted by Crippen LogP contribution is -2.10. The van der Waals surface area contributed by atoms with Crippen molar-refractivity contribution in [2.45, 2.75) is 32.9 Å². The number of methoxy groups -OCH3 is 1. The topological polar surface area (TPSA) is 47.3 Å². The van der Waals surface area contributed by atoms with Crippen molar-refractivity contribution in [1.29, 1.82) is 0 Å². The van der Waals surface area contributed by atoms with Crippen molar-refractivity contribution >= 4 is 11.6 Å². The standard InChI is InChI=1S/C15H19ClN2O2/c1-4-7-18-14(12(16)9-17-18)15(19)11-5-6-13(20-3)10(2)8-11/h5-6,8-9,15,19H,4,7H2,1-3H3. The average Bonchev–Trinajstić information content (AvgIpc) is 2.79. The van der Waals surface area contributed by atoms with Gasteiger partial charge in [-0.05, 0) is 36.6 Å². The third-order valence-corrected chi connectivity index (χ3v) is 3.55. The Kier molecular flexibility index (Phi) is 4.68. The van der Waals surface area contributed by atoms with Gasteiger partial charge in [-0.3, -0.25) is 4.68 Å². The molecular weight excluding hydrogens is 276 g/mol. The van der Waals surface area contributed by atoms with Crippen molar-refractivity contribution in [2.75, 3.05) is 7.11 Å². The number of ether oxygens (including phenoxy) is 1. The van der Waals surface area contributed by atoms with Gasteiger partial charge in [-0.25, -0.2) is 0 Å². The number of aryl methyl sites for hydroxylation is 2. The molecule has 0 saturated heterocycles. The highest BCUT2D eigenvalue weighted by Crippen LogP contribution is 2.30. The van der Waals surface area contributed by atoms with Crippen LogP contribution in [0, 0.1) is 6.92 Å². The SMILES string of the molecule is CCCn1ncc(Cl)c1C(O)c1ccc(OC)c(C)c1. The van der Waals surface area contributed by atoms with Crippen molar-refractivity contribution in [2.24, 2.45) is 0 Å². The van der Waals surface area contributed by atoms with Gasteiger partial charge >= 0.3 is 0 Å². The van der Waals surface area contributed by atoms with Crippen LogP contribution >= 0.6 is 11.6 Å². The Labute approximate surface area is 123 Å². The Morgan fingerprint density at radius 3 is 2.80 bits per heavy atom. The molecule has 20 heavy (non-hydrogen) atoms. The van der Waals surface area contributed by atoms with Crippen LogP contribution in [0.4, 0.5) is 0 Å². The Balaban J connectivity index is 2.38. The molecule has 0 aliphatic heterocycles. The molecule has 0 radical (unpaired) electrons. The van der Waals surface area contributed by atoms with E-state index in [0.717, 1.165) is 29.8 Å². The third-order valence-electron chi connectivity index (χ3n) is 3.26. The van der Waals surface area contributed by atoms with Crippen LogP contribution in [-0.4, -0.2) is 22.0 Å². The van der Waals surface area contributed by atoms with Crippen LogP contribution in [0.5, 0.6) is 5.75 Å². The van der Waals surface area contributed by atoms with Gasteiger partial charge < -0.3 is 9.84 Å². The number of aliphatic hydroxyl groups excluding tert-OH is 1. The molecule has 1 atom stereocenters. The van der Waals surface area contributed by atoms with Gasteiger partial charge in [0.2, 0.25) is 0 Å². The lowest BCUT2D eigenvalue weighted by Gasteiger charge is -2.15. The molecule has 5 heteroatoms. The summed E-state index contributed by atoms with van der Waals surface area (Å²) in [5, 5.41) is 15.3. The van der Waals surface area contributed by atoms with E-state index in [1.807, 2.05) is 25.1 Å². The number of aromatic nitrogens is 2. The maximum Gasteiger partial charge on any atom is 0.122 e. The number of nitrogens with zero attached hydrogens (tertiary/aromatic N) is 2. The molecule has 0 aliphatic carbocycles. The Hall–Kier alpha value is -1.52. The number of halogens is 1. The molecule has 108 valence electrons. The van der Waals surface area contributed by atoms with E-state index >= 15 is 0 Å². The summed E-state index contributed by atoms with van der Waals surface area (Å²) >= 11 is 6.16. The fourth-order valence-corrected chi connectivity index (χ4v) is 2.51. The van der Waals surface area contributed by atoms with E-state index in [9.17, 15) is 5.11 Å². The summed E-state index contributed by atoms with van der Waals surface area (Å²) in [6.07, 6.45) is 1.71. The second kappa shape index (κ2) is 6.29. The molecule has 0 aliphatic rings. The summed E-state index contributed by atoms with van der Waals surface area (Å²) in [7, 11) is 1.63. The van der Waals surface area contributed by atoms with Crippen molar-refractivity contribution in [3.05, 3.63) is 46.2 Å². The minimum absolute atomic E-state index is 0.486. The Morgan fingerprint density at radius 1 is 1.45 bits per heavy atom. The number of rotatable bonds is 5. The monoisotopic (exact) mass is 294 g/mol. The summed E-state index contributed by atoms with van der Waals surface area (Å²) < 4.78 is 6.99. The van der Waals surface area contributed by atoms with Gasteiger partial charge in [-0.15, -0.1) is 0 Å². The zero-order valence-electron chi connectivity index (χ0n) is 11.9. The predicted molar refractivity (Wildman–Crippen MR) is 79.3 cm³/mol. The highest BCUT2D eigenvalue weighted by molar-refractivity contribution is 6.31. The molecule has 1 heterocycles. The molecule has 4 nitrogen and oxygen atoms in total. The van der Waals surface area contributed by atoms with Gasteiger partial charge in [0, 0.05) is 6.54 Å². The first-order valence-corrected chi connectivity index (χ1v) is 7.00. The zero-order chi connectivity index (χ0) is 14.7. The summed E-state index contributed by atoms with van der Waals surface area (Å²) in [4.78, 5) is 0. The first kappa shape index (κ1) is 14.9. The van der Waals surface area contributed by atoms with Crippen LogP contribution in [-0.2, 0) is 6.54 Å². The molecule has 1 unspecified atom stereocenters. The van der Waals surface area contributed by atoms with Crippen molar-refractivity contribution in [3.8, 4) is 5.75 Å². The van der Waals surface area contributed by atoms with E-state index in [1.165, 1.54) is 0 Å². The fourth-order valence-electron chi connectivity index (χ4n) is 2.26. The largest absolute Gasteiger partial charge is 0.496 e. The van der Waals surface area contributed by atoms with Gasteiger partial charge in [0.05, 0.1) is 24.0 Å². The molecule has 0 amide bonds. The molecule has 0 spiro atoms. The maximum atomic E-state index is 10.6. The molecule has 2 rings (SSSR count). The van der Waals surface area contributed by atoms with Crippen LogP contribution in [0.1, 0.15) is 36.3 Å². The van der Waals surface area contributed by atoms with Crippen LogP contribution in [0.3, 0.4) is 0 Å². The summed E-state index contributed by atoms with van der Waals surface area (Å²) in [5.74, 6) is 0.800. The molecule has 2 aromatic rings. The van der Waals surface area contributed by atoms with Gasteiger partial charge in [0.15, 0.2) is 0 Å². The smallest absolute Gasteiger partial charge is 0.122 e. The second-order valence-corrected chi connectivity index (χ2v) is 5.14. The minimum atomic E-state index is -0.791. The second-order valence-electron chi connectivity index (χ2n) is 4.73. The zero-order valence-corrected chi connectivity index (χ0v) is 12.7. The number of aliphatic hydroxyl groups is 1. The van der Waals surface area contributed by atoms with E-state index in [2.05, 4.69) is 12.0 Å². The van der Waals surface area contributed by atoms with E-state index in [4.69, 9.17) is 16.3 Å². The van der Waals surface area contributed by atoms with Gasteiger partial charge in [-0.1, -0.05) is 24.6 Å². The van der Waals surface area contributed by atoms with Crippen molar-refractivity contribution < 1.29 is 9.84 Å². The summed E-state index contributed by atoms with van der Waals surface area (Å²) in [5.41, 5.74) is 2.39. The molecule has 0 fully saturated rings. The van der Waals surface area contributed by atoms with Crippen LogP contribution in [0.15, 0.2) is 24.4 Å². The van der Waals surface area contributed by atoms with Crippen LogP contribution < -0.4 is 4.74 Å². The maximum absolute atomic E-state index is 10.6. The van der Waals surface area contributed by atoms with E-state index in [1.54, 1.807) is 18.0 Å². The van der Waals surface area contributed by atoms with Crippen molar-refractivity contribution in [3.63, 3.8) is 0 Å². The van der Waals surface area contributed by atoms with Crippen LogP contribution in [0.2, 0.25) is 5.02 Å². The third kappa shape index (κ3) is 2.81. The molecule has 1 N–H and O–H groups in total. The molecular formula is C15H19ClN2O2. The van der Waals surface area contributed by atoms with E-state index < -0.39 is 6.10 Å². The Bertz CT molecular complexity index is 596. The first-order chi connectivity index (χ1) is 9.58. The quantitative estimate of drug-likeness (QED) is 0.920. The molecule has 1 aromatic carbocycles. The lowest BCUT2D eigenvalue weighted by molar-refractivity contribution is 0.207. The highest BCUT2D eigenvalue weighted by Gasteiger charge is 2.20. The fraction of sp³-hybridized carbons (Fsp3) is 0.400. The summed E-state index contributed by atoms with van der Waals surface area (Å²) in [6, 6.07) is 5.60. The highest BCUT2D eigenvalue weighted by atomic mass is 35.5.